The largest absolute Gasteiger partial charge is 1.00 e. The van der Waals surface area contributed by atoms with Crippen LogP contribution in [-0.2, 0) is 4.79 Å². The van der Waals surface area contributed by atoms with E-state index in [1.807, 2.05) is 37.4 Å². The van der Waals surface area contributed by atoms with Crippen molar-refractivity contribution >= 4 is 29.1 Å². The topological polar surface area (TPSA) is 152 Å². The summed E-state index contributed by atoms with van der Waals surface area (Å²) in [5.41, 5.74) is 20.4. The molecule has 0 saturated carbocycles. The highest BCUT2D eigenvalue weighted by molar-refractivity contribution is 7.10. The van der Waals surface area contributed by atoms with Gasteiger partial charge in [-0.2, -0.15) is 4.37 Å². The zero-order valence-electron chi connectivity index (χ0n) is 20.9. The molecule has 1 aromatic heterocycles. The smallest absolute Gasteiger partial charge is 0.282 e. The van der Waals surface area contributed by atoms with E-state index in [1.54, 1.807) is 14.2 Å². The molecule has 0 aliphatic carbocycles. The maximum Gasteiger partial charge on any atom is 0.282 e. The van der Waals surface area contributed by atoms with Crippen molar-refractivity contribution in [3.8, 4) is 33.1 Å². The average molecular weight is 533 g/mol. The Morgan fingerprint density at radius 3 is 2.53 bits per heavy atom. The first kappa shape index (κ1) is 28.9. The normalized spacial score (nSPS) is 11.2. The summed E-state index contributed by atoms with van der Waals surface area (Å²) in [6.45, 7) is 4.56. The Kier molecular flexibility index (Phi) is 10.5. The van der Waals surface area contributed by atoms with Crippen molar-refractivity contribution in [3.63, 3.8) is 0 Å². The zero-order chi connectivity index (χ0) is 25.5. The minimum atomic E-state index is -0.459. The van der Waals surface area contributed by atoms with Crippen LogP contribution in [0.1, 0.15) is 24.0 Å². The van der Waals surface area contributed by atoms with E-state index in [1.165, 1.54) is 11.5 Å². The molecule has 3 rings (SSSR count). The number of quaternary nitrogens is 1. The summed E-state index contributed by atoms with van der Waals surface area (Å²) in [5.74, 6) is 1.24. The van der Waals surface area contributed by atoms with Crippen LogP contribution in [0.2, 0.25) is 0 Å². The lowest BCUT2D eigenvalue weighted by Crippen LogP contribution is -3.00. The van der Waals surface area contributed by atoms with E-state index in [0.29, 0.717) is 30.8 Å². The number of carbonyl (C=O) groups excluding carboxylic acids is 1. The van der Waals surface area contributed by atoms with Crippen molar-refractivity contribution in [2.45, 2.75) is 32.7 Å². The molecular formula is C25H33ClN6O3S. The summed E-state index contributed by atoms with van der Waals surface area (Å²) in [6.07, 6.45) is 3.04. The van der Waals surface area contributed by atoms with Gasteiger partial charge in [0.25, 0.3) is 5.91 Å². The minimum absolute atomic E-state index is 0. The van der Waals surface area contributed by atoms with E-state index in [9.17, 15) is 4.79 Å². The predicted octanol–water partition coefficient (Wildman–Crippen LogP) is -0.282. The number of benzene rings is 2. The lowest BCUT2D eigenvalue weighted by Gasteiger charge is -2.15. The molecule has 0 radical (unpaired) electrons. The molecule has 2 aromatic carbocycles. The van der Waals surface area contributed by atoms with Gasteiger partial charge in [0.1, 0.15) is 11.5 Å². The van der Waals surface area contributed by atoms with E-state index in [2.05, 4.69) is 33.4 Å². The fraction of sp³-hybridized carbons (Fsp3) is 0.320. The van der Waals surface area contributed by atoms with Crippen LogP contribution in [0.15, 0.2) is 41.5 Å². The Balaban J connectivity index is 0.00000456. The molecule has 1 atom stereocenters. The van der Waals surface area contributed by atoms with Gasteiger partial charge in [-0.25, -0.2) is 0 Å². The number of nitrogens with zero attached hydrogens (tertiary/aromatic N) is 2. The third-order valence-corrected chi connectivity index (χ3v) is 6.67. The standard InChI is InChI=1S/C25H32N6O3S.ClH/c1-14-10-17(12-22(34-4)15(14)2)23-18(13-30-35-23)16-7-8-21(33-3)20(11-16)31-24(32)19(26)6-5-9-29-25(27)28;/h7-8,10-13,19H,5-6,9,26H2,1-4H3,(H,31,32)(H4,27,28,29);1H/t19-;/m1./s1. The summed E-state index contributed by atoms with van der Waals surface area (Å²) in [4.78, 5) is 17.8. The third-order valence-electron chi connectivity index (χ3n) is 5.82. The van der Waals surface area contributed by atoms with Gasteiger partial charge < -0.3 is 44.4 Å². The van der Waals surface area contributed by atoms with Crippen LogP contribution in [0.25, 0.3) is 21.6 Å². The second kappa shape index (κ2) is 13.1. The number of nitrogens with two attached hydrogens (primary N) is 2. The molecule has 0 fully saturated rings. The number of nitrogens with one attached hydrogen (secondary N) is 1. The lowest BCUT2D eigenvalue weighted by molar-refractivity contribution is -0.403. The van der Waals surface area contributed by atoms with Crippen molar-refractivity contribution in [3.05, 3.63) is 47.7 Å². The van der Waals surface area contributed by atoms with Crippen LogP contribution >= 0.6 is 11.5 Å². The number of halogens is 1. The number of guanidine groups is 1. The molecule has 0 aliphatic rings. The highest BCUT2D eigenvalue weighted by atomic mass is 35.5. The summed E-state index contributed by atoms with van der Waals surface area (Å²) in [6, 6.07) is 9.40. The lowest BCUT2D eigenvalue weighted by atomic mass is 9.99. The molecule has 8 N–H and O–H groups in total. The first-order valence-corrected chi connectivity index (χ1v) is 12.0. The van der Waals surface area contributed by atoms with Gasteiger partial charge >= 0.3 is 0 Å². The number of anilines is 1. The van der Waals surface area contributed by atoms with Gasteiger partial charge in [0.2, 0.25) is 0 Å². The van der Waals surface area contributed by atoms with Crippen LogP contribution < -0.4 is 44.4 Å². The number of amides is 1. The second-order valence-corrected chi connectivity index (χ2v) is 9.04. The first-order chi connectivity index (χ1) is 16.7. The molecule has 0 saturated heterocycles. The number of ether oxygens (including phenoxy) is 2. The fourth-order valence-corrected chi connectivity index (χ4v) is 4.46. The SMILES string of the molecule is COc1ccc(-c2cnsc2-c2cc(C)c(C)c(OC)c2)cc1NC(=O)[C@H]([NH3+])CCCN=C(N)N.[Cl-]. The van der Waals surface area contributed by atoms with Crippen molar-refractivity contribution < 1.29 is 32.4 Å². The molecule has 0 aliphatic heterocycles. The highest BCUT2D eigenvalue weighted by Gasteiger charge is 2.20. The van der Waals surface area contributed by atoms with Crippen molar-refractivity contribution in [2.24, 2.45) is 16.5 Å². The molecule has 36 heavy (non-hydrogen) atoms. The van der Waals surface area contributed by atoms with E-state index >= 15 is 0 Å². The Bertz CT molecular complexity index is 1230. The number of methoxy groups -OCH3 is 2. The van der Waals surface area contributed by atoms with E-state index < -0.39 is 6.04 Å². The number of aryl methyl sites for hydroxylation is 1. The third kappa shape index (κ3) is 6.87. The predicted molar refractivity (Wildman–Crippen MR) is 141 cm³/mol. The van der Waals surface area contributed by atoms with Crippen LogP contribution in [-0.4, -0.2) is 43.0 Å². The number of rotatable bonds is 10. The molecule has 0 spiro atoms. The second-order valence-electron chi connectivity index (χ2n) is 8.24. The Morgan fingerprint density at radius 1 is 1.14 bits per heavy atom. The van der Waals surface area contributed by atoms with E-state index in [0.717, 1.165) is 38.4 Å². The molecule has 3 aromatic rings. The Labute approximate surface area is 221 Å². The van der Waals surface area contributed by atoms with Gasteiger partial charge in [0.05, 0.1) is 24.8 Å². The number of carbonyl (C=O) groups is 1. The van der Waals surface area contributed by atoms with Gasteiger partial charge in [0.15, 0.2) is 12.0 Å². The maximum absolute atomic E-state index is 12.8. The quantitative estimate of drug-likeness (QED) is 0.160. The molecule has 1 amide bonds. The van der Waals surface area contributed by atoms with Crippen LogP contribution in [0.4, 0.5) is 5.69 Å². The molecule has 0 unspecified atom stereocenters. The van der Waals surface area contributed by atoms with Gasteiger partial charge in [-0.3, -0.25) is 9.79 Å². The van der Waals surface area contributed by atoms with Crippen molar-refractivity contribution in [1.29, 1.82) is 0 Å². The minimum Gasteiger partial charge on any atom is -1.00 e. The Hall–Kier alpha value is -3.34. The van der Waals surface area contributed by atoms with Gasteiger partial charge in [-0.1, -0.05) is 12.1 Å². The van der Waals surface area contributed by atoms with Gasteiger partial charge in [-0.15, -0.1) is 0 Å². The van der Waals surface area contributed by atoms with Crippen LogP contribution in [0.3, 0.4) is 0 Å². The summed E-state index contributed by atoms with van der Waals surface area (Å²) < 4.78 is 15.5. The summed E-state index contributed by atoms with van der Waals surface area (Å²) in [7, 11) is 3.24. The maximum atomic E-state index is 12.8. The number of hydrogen-bond donors (Lipinski definition) is 4. The number of aromatic nitrogens is 1. The fourth-order valence-electron chi connectivity index (χ4n) is 3.71. The monoisotopic (exact) mass is 532 g/mol. The van der Waals surface area contributed by atoms with E-state index in [-0.39, 0.29) is 24.3 Å². The summed E-state index contributed by atoms with van der Waals surface area (Å²) in [5, 5.41) is 2.96. The van der Waals surface area contributed by atoms with Crippen LogP contribution in [0, 0.1) is 13.8 Å². The molecular weight excluding hydrogens is 500 g/mol. The van der Waals surface area contributed by atoms with Crippen molar-refractivity contribution in [2.75, 3.05) is 26.1 Å². The molecule has 194 valence electrons. The summed E-state index contributed by atoms with van der Waals surface area (Å²) >= 11 is 1.42. The van der Waals surface area contributed by atoms with Crippen molar-refractivity contribution in [1.82, 2.24) is 4.37 Å². The average Bonchev–Trinajstić information content (AvgIpc) is 3.33. The molecule has 9 nitrogen and oxygen atoms in total. The zero-order valence-corrected chi connectivity index (χ0v) is 22.5. The van der Waals surface area contributed by atoms with Gasteiger partial charge in [-0.05, 0) is 72.3 Å². The molecule has 0 bridgehead atoms. The molecule has 1 heterocycles. The Morgan fingerprint density at radius 2 is 1.86 bits per heavy atom. The van der Waals surface area contributed by atoms with Crippen LogP contribution in [0.5, 0.6) is 11.5 Å². The highest BCUT2D eigenvalue weighted by Crippen LogP contribution is 2.40. The van der Waals surface area contributed by atoms with Gasteiger partial charge in [0, 0.05) is 24.7 Å². The number of hydrogen-bond acceptors (Lipinski definition) is 6. The van der Waals surface area contributed by atoms with E-state index in [4.69, 9.17) is 20.9 Å². The first-order valence-electron chi connectivity index (χ1n) is 11.2. The number of aliphatic imine (C=N–C) groups is 1. The molecule has 11 heteroatoms.